The van der Waals surface area contributed by atoms with Crippen LogP contribution in [0.25, 0.3) is 6.08 Å². The number of carbonyl (C=O) groups excluding carboxylic acids is 3. The standard InChI is InChI=1S/C20H22N2O5S2/c1-26-19(25)15-6-4-14(5-7-15)13-16-18(24)22(20(28)29-16)8-2-3-17(23)21-9-11-27-12-10-21/h4-7,13H,2-3,8-12H2,1H3/b16-13+. The summed E-state index contributed by atoms with van der Waals surface area (Å²) >= 11 is 6.58. The first-order valence-electron chi connectivity index (χ1n) is 9.29. The fraction of sp³-hybridized carbons (Fsp3) is 0.400. The molecule has 0 radical (unpaired) electrons. The Labute approximate surface area is 179 Å². The second-order valence-electron chi connectivity index (χ2n) is 6.54. The maximum Gasteiger partial charge on any atom is 0.337 e. The van der Waals surface area contributed by atoms with Gasteiger partial charge in [-0.3, -0.25) is 14.5 Å². The topological polar surface area (TPSA) is 76.2 Å². The summed E-state index contributed by atoms with van der Waals surface area (Å²) in [4.78, 5) is 40.3. The molecule has 1 aromatic carbocycles. The van der Waals surface area contributed by atoms with E-state index in [-0.39, 0.29) is 11.8 Å². The lowest BCUT2D eigenvalue weighted by Gasteiger charge is -2.27. The number of benzene rings is 1. The Kier molecular flexibility index (Phi) is 7.40. The fourth-order valence-corrected chi connectivity index (χ4v) is 4.35. The minimum atomic E-state index is -0.408. The van der Waals surface area contributed by atoms with E-state index >= 15 is 0 Å². The third kappa shape index (κ3) is 5.43. The molecule has 2 fully saturated rings. The molecule has 2 aliphatic heterocycles. The predicted molar refractivity (Wildman–Crippen MR) is 114 cm³/mol. The van der Waals surface area contributed by atoms with Gasteiger partial charge < -0.3 is 14.4 Å². The number of methoxy groups -OCH3 is 1. The third-order valence-electron chi connectivity index (χ3n) is 4.64. The van der Waals surface area contributed by atoms with Crippen LogP contribution in [0.3, 0.4) is 0 Å². The maximum atomic E-state index is 12.7. The van der Waals surface area contributed by atoms with Gasteiger partial charge >= 0.3 is 5.97 Å². The third-order valence-corrected chi connectivity index (χ3v) is 6.02. The van der Waals surface area contributed by atoms with Crippen LogP contribution in [0.15, 0.2) is 29.2 Å². The summed E-state index contributed by atoms with van der Waals surface area (Å²) < 4.78 is 10.4. The van der Waals surface area contributed by atoms with E-state index in [9.17, 15) is 14.4 Å². The molecule has 0 spiro atoms. The molecule has 1 aromatic rings. The van der Waals surface area contributed by atoms with Crippen LogP contribution in [0.5, 0.6) is 0 Å². The second-order valence-corrected chi connectivity index (χ2v) is 8.22. The molecule has 29 heavy (non-hydrogen) atoms. The smallest absolute Gasteiger partial charge is 0.337 e. The number of thioether (sulfide) groups is 1. The van der Waals surface area contributed by atoms with E-state index in [4.69, 9.17) is 17.0 Å². The van der Waals surface area contributed by atoms with Gasteiger partial charge in [-0.1, -0.05) is 36.1 Å². The van der Waals surface area contributed by atoms with E-state index in [0.29, 0.717) is 60.5 Å². The van der Waals surface area contributed by atoms with Gasteiger partial charge in [-0.15, -0.1) is 0 Å². The zero-order valence-corrected chi connectivity index (χ0v) is 17.7. The van der Waals surface area contributed by atoms with E-state index in [1.165, 1.54) is 18.9 Å². The Balaban J connectivity index is 1.55. The van der Waals surface area contributed by atoms with E-state index < -0.39 is 5.97 Å². The van der Waals surface area contributed by atoms with Crippen molar-refractivity contribution in [2.75, 3.05) is 40.0 Å². The highest BCUT2D eigenvalue weighted by molar-refractivity contribution is 8.26. The van der Waals surface area contributed by atoms with Crippen LogP contribution < -0.4 is 0 Å². The van der Waals surface area contributed by atoms with Crippen molar-refractivity contribution in [3.8, 4) is 0 Å². The summed E-state index contributed by atoms with van der Waals surface area (Å²) in [6, 6.07) is 6.80. The summed E-state index contributed by atoms with van der Waals surface area (Å²) in [5.41, 5.74) is 1.24. The molecule has 0 unspecified atom stereocenters. The number of ether oxygens (including phenoxy) is 2. The molecule has 0 saturated carbocycles. The summed E-state index contributed by atoms with van der Waals surface area (Å²) in [6.45, 7) is 2.81. The molecule has 2 heterocycles. The molecule has 9 heteroatoms. The minimum absolute atomic E-state index is 0.0833. The molecule has 0 N–H and O–H groups in total. The molecular formula is C20H22N2O5S2. The van der Waals surface area contributed by atoms with Gasteiger partial charge in [0.1, 0.15) is 4.32 Å². The van der Waals surface area contributed by atoms with Gasteiger partial charge in [0.2, 0.25) is 5.91 Å². The van der Waals surface area contributed by atoms with Crippen molar-refractivity contribution in [1.82, 2.24) is 9.80 Å². The molecule has 154 valence electrons. The molecule has 2 aliphatic rings. The van der Waals surface area contributed by atoms with E-state index in [0.717, 1.165) is 5.56 Å². The minimum Gasteiger partial charge on any atom is -0.465 e. The monoisotopic (exact) mass is 434 g/mol. The summed E-state index contributed by atoms with van der Waals surface area (Å²) in [5.74, 6) is -0.481. The fourth-order valence-electron chi connectivity index (χ4n) is 3.04. The van der Waals surface area contributed by atoms with Crippen LogP contribution >= 0.6 is 24.0 Å². The Hall–Kier alpha value is -2.23. The molecule has 7 nitrogen and oxygen atoms in total. The molecule has 3 rings (SSSR count). The van der Waals surface area contributed by atoms with Gasteiger partial charge in [0.25, 0.3) is 5.91 Å². The maximum absolute atomic E-state index is 12.7. The lowest BCUT2D eigenvalue weighted by Crippen LogP contribution is -2.41. The number of esters is 1. The lowest BCUT2D eigenvalue weighted by atomic mass is 10.1. The van der Waals surface area contributed by atoms with Crippen molar-refractivity contribution in [3.05, 3.63) is 40.3 Å². The number of hydrogen-bond donors (Lipinski definition) is 0. The van der Waals surface area contributed by atoms with Crippen LogP contribution in [-0.4, -0.2) is 71.9 Å². The van der Waals surface area contributed by atoms with Gasteiger partial charge in [0.15, 0.2) is 0 Å². The van der Waals surface area contributed by atoms with Crippen molar-refractivity contribution in [1.29, 1.82) is 0 Å². The number of nitrogens with zero attached hydrogens (tertiary/aromatic N) is 2. The van der Waals surface area contributed by atoms with Crippen LogP contribution in [0, 0.1) is 0 Å². The number of amides is 2. The van der Waals surface area contributed by atoms with E-state index in [1.807, 2.05) is 0 Å². The highest BCUT2D eigenvalue weighted by Crippen LogP contribution is 2.32. The quantitative estimate of drug-likeness (QED) is 0.386. The van der Waals surface area contributed by atoms with Crippen LogP contribution in [0.2, 0.25) is 0 Å². The van der Waals surface area contributed by atoms with E-state index in [1.54, 1.807) is 40.1 Å². The number of rotatable bonds is 6. The first kappa shape index (κ1) is 21.5. The SMILES string of the molecule is COC(=O)c1ccc(/C=C2/SC(=S)N(CCCC(=O)N3CCOCC3)C2=O)cc1. The lowest BCUT2D eigenvalue weighted by molar-refractivity contribution is -0.135. The molecule has 0 aromatic heterocycles. The Morgan fingerprint density at radius 1 is 1.24 bits per heavy atom. The number of carbonyl (C=O) groups is 3. The summed E-state index contributed by atoms with van der Waals surface area (Å²) in [6.07, 6.45) is 2.69. The van der Waals surface area contributed by atoms with Crippen molar-refractivity contribution in [2.45, 2.75) is 12.8 Å². The Morgan fingerprint density at radius 2 is 1.93 bits per heavy atom. The first-order valence-corrected chi connectivity index (χ1v) is 10.5. The largest absolute Gasteiger partial charge is 0.465 e. The van der Waals surface area contributed by atoms with Gasteiger partial charge in [0.05, 0.1) is 30.8 Å². The summed E-state index contributed by atoms with van der Waals surface area (Å²) in [5, 5.41) is 0. The first-order chi connectivity index (χ1) is 14.0. The highest BCUT2D eigenvalue weighted by atomic mass is 32.2. The number of thiocarbonyl (C=S) groups is 1. The molecule has 0 bridgehead atoms. The van der Waals surface area contributed by atoms with Gasteiger partial charge in [-0.25, -0.2) is 4.79 Å². The average molecular weight is 435 g/mol. The van der Waals surface area contributed by atoms with Crippen LogP contribution in [0.4, 0.5) is 0 Å². The van der Waals surface area contributed by atoms with Crippen molar-refractivity contribution in [2.24, 2.45) is 0 Å². The van der Waals surface area contributed by atoms with Crippen molar-refractivity contribution < 1.29 is 23.9 Å². The predicted octanol–water partition coefficient (Wildman–Crippen LogP) is 2.31. The van der Waals surface area contributed by atoms with Gasteiger partial charge in [-0.05, 0) is 30.2 Å². The number of hydrogen-bond acceptors (Lipinski definition) is 7. The molecule has 2 amide bonds. The van der Waals surface area contributed by atoms with Gasteiger partial charge in [0, 0.05) is 26.1 Å². The molecule has 0 atom stereocenters. The second kappa shape index (κ2) is 10.00. The normalized spacial score (nSPS) is 18.4. The van der Waals surface area contributed by atoms with Crippen molar-refractivity contribution >= 4 is 52.2 Å². The molecular weight excluding hydrogens is 412 g/mol. The van der Waals surface area contributed by atoms with Gasteiger partial charge in [-0.2, -0.15) is 0 Å². The van der Waals surface area contributed by atoms with E-state index in [2.05, 4.69) is 4.74 Å². The van der Waals surface area contributed by atoms with Crippen LogP contribution in [-0.2, 0) is 19.1 Å². The zero-order valence-electron chi connectivity index (χ0n) is 16.1. The van der Waals surface area contributed by atoms with Crippen molar-refractivity contribution in [3.63, 3.8) is 0 Å². The number of morpholine rings is 1. The summed E-state index contributed by atoms with van der Waals surface area (Å²) in [7, 11) is 1.33. The average Bonchev–Trinajstić information content (AvgIpc) is 3.01. The Bertz CT molecular complexity index is 832. The molecule has 2 saturated heterocycles. The zero-order chi connectivity index (χ0) is 20.8. The Morgan fingerprint density at radius 3 is 2.59 bits per heavy atom. The molecule has 0 aliphatic carbocycles. The van der Waals surface area contributed by atoms with Crippen LogP contribution in [0.1, 0.15) is 28.8 Å². The highest BCUT2D eigenvalue weighted by Gasteiger charge is 2.31.